The van der Waals surface area contributed by atoms with Crippen LogP contribution in [0.15, 0.2) is 24.3 Å². The van der Waals surface area contributed by atoms with Crippen LogP contribution in [0.3, 0.4) is 0 Å². The van der Waals surface area contributed by atoms with Gasteiger partial charge in [0.15, 0.2) is 5.82 Å². The van der Waals surface area contributed by atoms with E-state index in [1.54, 1.807) is 0 Å². The van der Waals surface area contributed by atoms with E-state index in [4.69, 9.17) is 10.5 Å². The van der Waals surface area contributed by atoms with E-state index in [0.717, 1.165) is 23.9 Å². The average molecular weight is 245 g/mol. The summed E-state index contributed by atoms with van der Waals surface area (Å²) in [5.41, 5.74) is 7.45. The van der Waals surface area contributed by atoms with E-state index >= 15 is 0 Å². The maximum absolute atomic E-state index is 5.85. The first-order chi connectivity index (χ1) is 8.70. The molecular formula is C14H19N3O. The third-order valence-electron chi connectivity index (χ3n) is 2.85. The Morgan fingerprint density at radius 2 is 1.89 bits per heavy atom. The zero-order chi connectivity index (χ0) is 13.0. The predicted molar refractivity (Wildman–Crippen MR) is 73.5 cm³/mol. The van der Waals surface area contributed by atoms with Gasteiger partial charge in [0.05, 0.1) is 17.6 Å². The minimum atomic E-state index is 0.359. The van der Waals surface area contributed by atoms with Crippen molar-refractivity contribution in [2.75, 3.05) is 12.3 Å². The summed E-state index contributed by atoms with van der Waals surface area (Å²) in [6.07, 6.45) is 2.30. The molecule has 0 spiro atoms. The van der Waals surface area contributed by atoms with E-state index in [9.17, 15) is 0 Å². The SMILES string of the molecule is CCCC(C)COc1nc2ccccc2nc1N. The van der Waals surface area contributed by atoms with Gasteiger partial charge in [-0.3, -0.25) is 0 Å². The first-order valence-electron chi connectivity index (χ1n) is 6.35. The molecule has 0 radical (unpaired) electrons. The fourth-order valence-electron chi connectivity index (χ4n) is 1.90. The summed E-state index contributed by atoms with van der Waals surface area (Å²) in [4.78, 5) is 8.69. The molecule has 0 aliphatic heterocycles. The number of nitrogens with zero attached hydrogens (tertiary/aromatic N) is 2. The summed E-state index contributed by atoms with van der Waals surface area (Å²) in [5, 5.41) is 0. The number of para-hydroxylation sites is 2. The van der Waals surface area contributed by atoms with E-state index in [1.807, 2.05) is 24.3 Å². The van der Waals surface area contributed by atoms with Crippen molar-refractivity contribution in [3.05, 3.63) is 24.3 Å². The number of hydrogen-bond acceptors (Lipinski definition) is 4. The molecule has 0 fully saturated rings. The first kappa shape index (κ1) is 12.6. The van der Waals surface area contributed by atoms with Gasteiger partial charge in [-0.1, -0.05) is 32.4 Å². The zero-order valence-electron chi connectivity index (χ0n) is 10.9. The number of anilines is 1. The van der Waals surface area contributed by atoms with Crippen LogP contribution in [0.5, 0.6) is 5.88 Å². The molecule has 2 N–H and O–H groups in total. The van der Waals surface area contributed by atoms with Crippen molar-refractivity contribution in [1.82, 2.24) is 9.97 Å². The number of nitrogen functional groups attached to an aromatic ring is 1. The van der Waals surface area contributed by atoms with E-state index < -0.39 is 0 Å². The molecule has 2 aromatic rings. The van der Waals surface area contributed by atoms with Gasteiger partial charge in [0, 0.05) is 0 Å². The normalized spacial score (nSPS) is 12.6. The van der Waals surface area contributed by atoms with Gasteiger partial charge in [0.1, 0.15) is 0 Å². The quantitative estimate of drug-likeness (QED) is 0.879. The van der Waals surface area contributed by atoms with Crippen molar-refractivity contribution in [1.29, 1.82) is 0 Å². The summed E-state index contributed by atoms with van der Waals surface area (Å²) < 4.78 is 5.66. The molecule has 96 valence electrons. The zero-order valence-corrected chi connectivity index (χ0v) is 10.9. The maximum atomic E-state index is 5.85. The van der Waals surface area contributed by atoms with Crippen LogP contribution in [-0.4, -0.2) is 16.6 Å². The Bertz CT molecular complexity index is 527. The molecule has 4 nitrogen and oxygen atoms in total. The average Bonchev–Trinajstić information content (AvgIpc) is 2.36. The van der Waals surface area contributed by atoms with Gasteiger partial charge < -0.3 is 10.5 Å². The largest absolute Gasteiger partial charge is 0.475 e. The highest BCUT2D eigenvalue weighted by atomic mass is 16.5. The standard InChI is InChI=1S/C14H19N3O/c1-3-6-10(2)9-18-14-13(15)16-11-7-4-5-8-12(11)17-14/h4-5,7-8,10H,3,6,9H2,1-2H3,(H2,15,16). The van der Waals surface area contributed by atoms with Crippen LogP contribution in [0.4, 0.5) is 5.82 Å². The van der Waals surface area contributed by atoms with Crippen LogP contribution in [0.25, 0.3) is 11.0 Å². The molecule has 0 aliphatic carbocycles. The second-order valence-corrected chi connectivity index (χ2v) is 4.61. The molecule has 2 rings (SSSR count). The molecule has 18 heavy (non-hydrogen) atoms. The lowest BCUT2D eigenvalue weighted by Crippen LogP contribution is -2.11. The molecule has 0 amide bonds. The Labute approximate surface area is 107 Å². The van der Waals surface area contributed by atoms with Gasteiger partial charge in [0.2, 0.25) is 0 Å². The van der Waals surface area contributed by atoms with E-state index in [1.165, 1.54) is 0 Å². The Hall–Kier alpha value is -1.84. The summed E-state index contributed by atoms with van der Waals surface area (Å²) >= 11 is 0. The third-order valence-corrected chi connectivity index (χ3v) is 2.85. The van der Waals surface area contributed by atoms with Crippen molar-refractivity contribution >= 4 is 16.9 Å². The Balaban J connectivity index is 2.15. The van der Waals surface area contributed by atoms with Gasteiger partial charge >= 0.3 is 0 Å². The molecule has 1 unspecified atom stereocenters. The molecule has 0 bridgehead atoms. The highest BCUT2D eigenvalue weighted by Gasteiger charge is 2.08. The van der Waals surface area contributed by atoms with E-state index in [2.05, 4.69) is 23.8 Å². The van der Waals surface area contributed by atoms with Crippen molar-refractivity contribution in [2.45, 2.75) is 26.7 Å². The number of aromatic nitrogens is 2. The van der Waals surface area contributed by atoms with Crippen LogP contribution < -0.4 is 10.5 Å². The topological polar surface area (TPSA) is 61.0 Å². The summed E-state index contributed by atoms with van der Waals surface area (Å²) in [5.74, 6) is 1.30. The number of nitrogens with two attached hydrogens (primary N) is 1. The number of fused-ring (bicyclic) bond motifs is 1. The minimum Gasteiger partial charge on any atom is -0.475 e. The molecule has 1 aromatic heterocycles. The fraction of sp³-hybridized carbons (Fsp3) is 0.429. The first-order valence-corrected chi connectivity index (χ1v) is 6.35. The number of benzene rings is 1. The predicted octanol–water partition coefficient (Wildman–Crippen LogP) is 3.03. The second-order valence-electron chi connectivity index (χ2n) is 4.61. The molecule has 1 atom stereocenters. The van der Waals surface area contributed by atoms with Gasteiger partial charge in [-0.15, -0.1) is 0 Å². The van der Waals surface area contributed by atoms with Crippen LogP contribution in [0.1, 0.15) is 26.7 Å². The molecule has 4 heteroatoms. The summed E-state index contributed by atoms with van der Waals surface area (Å²) in [7, 11) is 0. The number of rotatable bonds is 5. The van der Waals surface area contributed by atoms with Crippen LogP contribution in [-0.2, 0) is 0 Å². The van der Waals surface area contributed by atoms with E-state index in [0.29, 0.717) is 24.2 Å². The molecule has 1 aromatic carbocycles. The van der Waals surface area contributed by atoms with Crippen molar-refractivity contribution in [3.63, 3.8) is 0 Å². The van der Waals surface area contributed by atoms with Gasteiger partial charge in [-0.2, -0.15) is 0 Å². The highest BCUT2D eigenvalue weighted by Crippen LogP contribution is 2.21. The minimum absolute atomic E-state index is 0.359. The number of hydrogen-bond donors (Lipinski definition) is 1. The molecule has 0 aliphatic rings. The highest BCUT2D eigenvalue weighted by molar-refractivity contribution is 5.76. The molecule has 0 saturated carbocycles. The fourth-order valence-corrected chi connectivity index (χ4v) is 1.90. The molecule has 0 saturated heterocycles. The Morgan fingerprint density at radius 3 is 2.56 bits per heavy atom. The number of ether oxygens (including phenoxy) is 1. The van der Waals surface area contributed by atoms with Gasteiger partial charge in [-0.05, 0) is 24.5 Å². The Kier molecular flexibility index (Phi) is 3.97. The second kappa shape index (κ2) is 5.67. The van der Waals surface area contributed by atoms with Gasteiger partial charge in [-0.25, -0.2) is 9.97 Å². The lowest BCUT2D eigenvalue weighted by Gasteiger charge is -2.12. The van der Waals surface area contributed by atoms with Crippen molar-refractivity contribution in [2.24, 2.45) is 5.92 Å². The smallest absolute Gasteiger partial charge is 0.257 e. The van der Waals surface area contributed by atoms with Crippen molar-refractivity contribution in [3.8, 4) is 5.88 Å². The summed E-state index contributed by atoms with van der Waals surface area (Å²) in [6.45, 7) is 4.96. The molecular weight excluding hydrogens is 226 g/mol. The maximum Gasteiger partial charge on any atom is 0.257 e. The van der Waals surface area contributed by atoms with E-state index in [-0.39, 0.29) is 0 Å². The lowest BCUT2D eigenvalue weighted by atomic mass is 10.1. The van der Waals surface area contributed by atoms with Gasteiger partial charge in [0.25, 0.3) is 5.88 Å². The van der Waals surface area contributed by atoms with Crippen LogP contribution in [0.2, 0.25) is 0 Å². The van der Waals surface area contributed by atoms with Crippen LogP contribution >= 0.6 is 0 Å². The monoisotopic (exact) mass is 245 g/mol. The summed E-state index contributed by atoms with van der Waals surface area (Å²) in [6, 6.07) is 7.64. The van der Waals surface area contributed by atoms with Crippen molar-refractivity contribution < 1.29 is 4.74 Å². The lowest BCUT2D eigenvalue weighted by molar-refractivity contribution is 0.244. The van der Waals surface area contributed by atoms with Crippen LogP contribution in [0, 0.1) is 5.92 Å². The molecule has 1 heterocycles. The third kappa shape index (κ3) is 2.88. The Morgan fingerprint density at radius 1 is 1.22 bits per heavy atom.